The topological polar surface area (TPSA) is 41.1 Å². The zero-order chi connectivity index (χ0) is 16.1. The summed E-state index contributed by atoms with van der Waals surface area (Å²) in [6, 6.07) is 5.34. The Morgan fingerprint density at radius 2 is 1.81 bits per heavy atom. The number of hydrogen-bond donors (Lipinski definition) is 2. The first-order valence-electron chi connectivity index (χ1n) is 6.82. The zero-order valence-electron chi connectivity index (χ0n) is 12.5. The average molecular weight is 302 g/mol. The van der Waals surface area contributed by atoms with Crippen molar-refractivity contribution in [2.24, 2.45) is 0 Å². The molecule has 1 amide bonds. The molecule has 0 saturated carbocycles. The van der Waals surface area contributed by atoms with E-state index in [9.17, 15) is 18.0 Å². The van der Waals surface area contributed by atoms with Crippen LogP contribution in [0.25, 0.3) is 0 Å². The lowest BCUT2D eigenvalue weighted by Crippen LogP contribution is -2.46. The van der Waals surface area contributed by atoms with Crippen LogP contribution in [-0.2, 0) is 17.5 Å². The second kappa shape index (κ2) is 6.93. The van der Waals surface area contributed by atoms with Gasteiger partial charge in [-0.3, -0.25) is 4.79 Å². The Morgan fingerprint density at radius 1 is 1.19 bits per heavy atom. The van der Waals surface area contributed by atoms with E-state index in [-0.39, 0.29) is 30.1 Å². The summed E-state index contributed by atoms with van der Waals surface area (Å²) in [5.74, 6) is -0.230. The van der Waals surface area contributed by atoms with E-state index >= 15 is 0 Å². The molecule has 0 aliphatic carbocycles. The highest BCUT2D eigenvalue weighted by atomic mass is 19.4. The van der Waals surface area contributed by atoms with Crippen LogP contribution in [0.2, 0.25) is 0 Å². The number of alkyl halides is 3. The molecule has 1 rings (SSSR count). The highest BCUT2D eigenvalue weighted by Crippen LogP contribution is 2.31. The van der Waals surface area contributed by atoms with E-state index < -0.39 is 11.7 Å². The van der Waals surface area contributed by atoms with Crippen molar-refractivity contribution < 1.29 is 18.0 Å². The van der Waals surface area contributed by atoms with Gasteiger partial charge in [-0.05, 0) is 31.9 Å². The minimum atomic E-state index is -4.38. The summed E-state index contributed by atoms with van der Waals surface area (Å²) in [4.78, 5) is 11.7. The first kappa shape index (κ1) is 17.5. The molecule has 1 aromatic carbocycles. The van der Waals surface area contributed by atoms with Gasteiger partial charge in [0.25, 0.3) is 0 Å². The zero-order valence-corrected chi connectivity index (χ0v) is 12.5. The molecule has 0 unspecified atom stereocenters. The molecule has 2 N–H and O–H groups in total. The van der Waals surface area contributed by atoms with Crippen LogP contribution in [0.15, 0.2) is 24.3 Å². The van der Waals surface area contributed by atoms with E-state index in [1.165, 1.54) is 12.1 Å². The number of rotatable bonds is 6. The fourth-order valence-electron chi connectivity index (χ4n) is 1.77. The van der Waals surface area contributed by atoms with Crippen molar-refractivity contribution in [1.29, 1.82) is 0 Å². The highest BCUT2D eigenvalue weighted by molar-refractivity contribution is 5.78. The van der Waals surface area contributed by atoms with Crippen molar-refractivity contribution in [1.82, 2.24) is 10.6 Å². The van der Waals surface area contributed by atoms with Crippen LogP contribution in [0.5, 0.6) is 0 Å². The van der Waals surface area contributed by atoms with Gasteiger partial charge < -0.3 is 10.6 Å². The number of nitrogens with one attached hydrogen (secondary N) is 2. The number of amides is 1. The lowest BCUT2D eigenvalue weighted by molar-refractivity contribution is -0.138. The molecule has 0 fully saturated rings. The maximum Gasteiger partial charge on any atom is 0.416 e. The minimum absolute atomic E-state index is 0.00431. The second-order valence-electron chi connectivity index (χ2n) is 5.54. The fraction of sp³-hybridized carbons (Fsp3) is 0.533. The van der Waals surface area contributed by atoms with Gasteiger partial charge in [0.1, 0.15) is 0 Å². The molecule has 0 heterocycles. The van der Waals surface area contributed by atoms with Crippen LogP contribution >= 0.6 is 0 Å². The Kier molecular flexibility index (Phi) is 5.78. The van der Waals surface area contributed by atoms with Crippen LogP contribution in [-0.4, -0.2) is 18.0 Å². The van der Waals surface area contributed by atoms with E-state index in [2.05, 4.69) is 10.6 Å². The fourth-order valence-corrected chi connectivity index (χ4v) is 1.77. The van der Waals surface area contributed by atoms with Crippen LogP contribution in [0.3, 0.4) is 0 Å². The van der Waals surface area contributed by atoms with E-state index in [0.29, 0.717) is 0 Å². The van der Waals surface area contributed by atoms with Crippen molar-refractivity contribution in [2.75, 3.05) is 6.54 Å². The number of carbonyl (C=O) groups is 1. The smallest absolute Gasteiger partial charge is 0.350 e. The van der Waals surface area contributed by atoms with Crippen molar-refractivity contribution in [3.05, 3.63) is 35.4 Å². The van der Waals surface area contributed by atoms with Gasteiger partial charge in [-0.25, -0.2) is 0 Å². The van der Waals surface area contributed by atoms with Gasteiger partial charge in [0.2, 0.25) is 5.91 Å². The Morgan fingerprint density at radius 3 is 2.38 bits per heavy atom. The number of hydrogen-bond acceptors (Lipinski definition) is 2. The quantitative estimate of drug-likeness (QED) is 0.848. The second-order valence-corrected chi connectivity index (χ2v) is 5.54. The van der Waals surface area contributed by atoms with Gasteiger partial charge in [0, 0.05) is 12.1 Å². The largest absolute Gasteiger partial charge is 0.416 e. The normalized spacial score (nSPS) is 12.3. The molecule has 118 valence electrons. The summed E-state index contributed by atoms with van der Waals surface area (Å²) in [7, 11) is 0. The Hall–Kier alpha value is -1.56. The highest BCUT2D eigenvalue weighted by Gasteiger charge is 2.32. The van der Waals surface area contributed by atoms with E-state index in [0.717, 1.165) is 12.5 Å². The van der Waals surface area contributed by atoms with E-state index in [4.69, 9.17) is 0 Å². The van der Waals surface area contributed by atoms with Gasteiger partial charge in [0.15, 0.2) is 0 Å². The molecule has 6 heteroatoms. The first-order chi connectivity index (χ1) is 9.65. The molecule has 0 aromatic heterocycles. The molecule has 0 atom stereocenters. The van der Waals surface area contributed by atoms with E-state index in [1.807, 2.05) is 20.8 Å². The van der Waals surface area contributed by atoms with Crippen LogP contribution in [0.1, 0.15) is 38.3 Å². The number of benzene rings is 1. The van der Waals surface area contributed by atoms with Gasteiger partial charge in [0.05, 0.1) is 12.1 Å². The molecule has 0 bridgehead atoms. The molecule has 21 heavy (non-hydrogen) atoms. The predicted octanol–water partition coefficient (Wildman–Crippen LogP) is 3.10. The summed E-state index contributed by atoms with van der Waals surface area (Å²) < 4.78 is 38.4. The Bertz CT molecular complexity index is 484. The van der Waals surface area contributed by atoms with Gasteiger partial charge in [-0.1, -0.05) is 25.1 Å². The number of carbonyl (C=O) groups excluding carboxylic acids is 1. The average Bonchev–Trinajstić information content (AvgIpc) is 2.37. The molecule has 0 saturated heterocycles. The van der Waals surface area contributed by atoms with E-state index in [1.54, 1.807) is 6.07 Å². The summed E-state index contributed by atoms with van der Waals surface area (Å²) in [5.41, 5.74) is -0.859. The van der Waals surface area contributed by atoms with Crippen LogP contribution in [0, 0.1) is 0 Å². The monoisotopic (exact) mass is 302 g/mol. The minimum Gasteiger partial charge on any atom is -0.350 e. The van der Waals surface area contributed by atoms with Gasteiger partial charge in [-0.15, -0.1) is 0 Å². The predicted molar refractivity (Wildman–Crippen MR) is 75.7 cm³/mol. The van der Waals surface area contributed by atoms with Crippen molar-refractivity contribution >= 4 is 5.91 Å². The van der Waals surface area contributed by atoms with Gasteiger partial charge >= 0.3 is 6.18 Å². The third kappa shape index (κ3) is 5.75. The third-order valence-electron chi connectivity index (χ3n) is 3.29. The van der Waals surface area contributed by atoms with Crippen LogP contribution < -0.4 is 10.6 Å². The molecule has 3 nitrogen and oxygen atoms in total. The summed E-state index contributed by atoms with van der Waals surface area (Å²) in [5, 5.41) is 5.56. The first-order valence-corrected chi connectivity index (χ1v) is 6.82. The van der Waals surface area contributed by atoms with Crippen molar-refractivity contribution in [2.45, 2.75) is 45.5 Å². The molecule has 0 radical (unpaired) electrons. The molecule has 1 aromatic rings. The molecule has 0 spiro atoms. The number of halogens is 3. The van der Waals surface area contributed by atoms with Gasteiger partial charge in [-0.2, -0.15) is 13.2 Å². The van der Waals surface area contributed by atoms with Crippen molar-refractivity contribution in [3.63, 3.8) is 0 Å². The lowest BCUT2D eigenvalue weighted by atomic mass is 10.0. The maximum atomic E-state index is 12.8. The standard InChI is InChI=1S/C15H21F3N2O/c1-4-14(2,3)20-13(21)10-19-9-11-7-5-6-8-12(11)15(16,17)18/h5-8,19H,4,9-10H2,1-3H3,(H,20,21). The summed E-state index contributed by atoms with van der Waals surface area (Å²) in [6.45, 7) is 5.71. The summed E-state index contributed by atoms with van der Waals surface area (Å²) in [6.07, 6.45) is -3.61. The molecular formula is C15H21F3N2O. The SMILES string of the molecule is CCC(C)(C)NC(=O)CNCc1ccccc1C(F)(F)F. The third-order valence-corrected chi connectivity index (χ3v) is 3.29. The molecule has 0 aliphatic rings. The Balaban J connectivity index is 2.56. The Labute approximate surface area is 122 Å². The summed E-state index contributed by atoms with van der Waals surface area (Å²) >= 11 is 0. The van der Waals surface area contributed by atoms with Crippen molar-refractivity contribution in [3.8, 4) is 0 Å². The van der Waals surface area contributed by atoms with Crippen LogP contribution in [0.4, 0.5) is 13.2 Å². The maximum absolute atomic E-state index is 12.8. The molecular weight excluding hydrogens is 281 g/mol. The lowest BCUT2D eigenvalue weighted by Gasteiger charge is -2.24. The molecule has 0 aliphatic heterocycles.